The van der Waals surface area contributed by atoms with E-state index < -0.39 is 6.10 Å². The SMILES string of the molecule is COc1cc(OC(c2ccccc2)c2ccccc2)c(OC)c2c1C(=O)c1ccccc1C2=O. The lowest BCUT2D eigenvalue weighted by Gasteiger charge is -2.26. The normalized spacial score (nSPS) is 12.2. The number of ketones is 2. The fraction of sp³-hybridized carbons (Fsp3) is 0.103. The van der Waals surface area contributed by atoms with Crippen LogP contribution in [-0.4, -0.2) is 25.8 Å². The highest BCUT2D eigenvalue weighted by Gasteiger charge is 2.37. The molecule has 0 N–H and O–H groups in total. The van der Waals surface area contributed by atoms with Crippen molar-refractivity contribution in [2.75, 3.05) is 14.2 Å². The molecule has 0 aliphatic heterocycles. The third kappa shape index (κ3) is 3.52. The standard InChI is InChI=1S/C29H22O5/c1-32-22-17-23(34-28(18-11-5-3-6-12-18)19-13-7-4-8-14-19)29(33-2)25-24(22)26(30)20-15-9-10-16-21(20)27(25)31/h3-17,28H,1-2H3. The van der Waals surface area contributed by atoms with Crippen LogP contribution in [-0.2, 0) is 0 Å². The Morgan fingerprint density at radius 1 is 0.588 bits per heavy atom. The van der Waals surface area contributed by atoms with Crippen molar-refractivity contribution in [1.82, 2.24) is 0 Å². The monoisotopic (exact) mass is 450 g/mol. The average Bonchev–Trinajstić information content (AvgIpc) is 2.90. The third-order valence-corrected chi connectivity index (χ3v) is 5.95. The number of carbonyl (C=O) groups excluding carboxylic acids is 2. The Morgan fingerprint density at radius 2 is 1.09 bits per heavy atom. The fourth-order valence-corrected chi connectivity index (χ4v) is 4.37. The topological polar surface area (TPSA) is 61.8 Å². The minimum Gasteiger partial charge on any atom is -0.496 e. The van der Waals surface area contributed by atoms with Gasteiger partial charge in [0.15, 0.2) is 23.1 Å². The molecule has 0 atom stereocenters. The Morgan fingerprint density at radius 3 is 1.59 bits per heavy atom. The van der Waals surface area contributed by atoms with Gasteiger partial charge in [-0.1, -0.05) is 84.9 Å². The van der Waals surface area contributed by atoms with Gasteiger partial charge < -0.3 is 14.2 Å². The number of hydrogen-bond donors (Lipinski definition) is 0. The number of carbonyl (C=O) groups is 2. The molecular formula is C29H22O5. The van der Waals surface area contributed by atoms with E-state index >= 15 is 0 Å². The van der Waals surface area contributed by atoms with Gasteiger partial charge in [0.25, 0.3) is 0 Å². The molecule has 0 fully saturated rings. The molecule has 5 heteroatoms. The summed E-state index contributed by atoms with van der Waals surface area (Å²) in [6.07, 6.45) is -0.472. The maximum absolute atomic E-state index is 13.5. The molecule has 0 aromatic heterocycles. The lowest BCUT2D eigenvalue weighted by Crippen LogP contribution is -2.23. The quantitative estimate of drug-likeness (QED) is 0.335. The van der Waals surface area contributed by atoms with Gasteiger partial charge in [-0.15, -0.1) is 0 Å². The molecule has 4 aromatic rings. The molecule has 0 amide bonds. The van der Waals surface area contributed by atoms with E-state index in [1.807, 2.05) is 60.7 Å². The third-order valence-electron chi connectivity index (χ3n) is 5.95. The van der Waals surface area contributed by atoms with Crippen LogP contribution in [0.5, 0.6) is 17.2 Å². The Labute approximate surface area is 197 Å². The summed E-state index contributed by atoms with van der Waals surface area (Å²) in [7, 11) is 2.93. The van der Waals surface area contributed by atoms with Crippen molar-refractivity contribution in [3.63, 3.8) is 0 Å². The number of fused-ring (bicyclic) bond motifs is 2. The molecule has 0 saturated heterocycles. The summed E-state index contributed by atoms with van der Waals surface area (Å²) in [6.45, 7) is 0. The van der Waals surface area contributed by atoms with Crippen LogP contribution < -0.4 is 14.2 Å². The zero-order valence-electron chi connectivity index (χ0n) is 18.8. The predicted molar refractivity (Wildman–Crippen MR) is 128 cm³/mol. The van der Waals surface area contributed by atoms with Crippen molar-refractivity contribution < 1.29 is 23.8 Å². The van der Waals surface area contributed by atoms with E-state index in [-0.39, 0.29) is 34.2 Å². The van der Waals surface area contributed by atoms with E-state index in [0.717, 1.165) is 11.1 Å². The van der Waals surface area contributed by atoms with Gasteiger partial charge in [-0.25, -0.2) is 0 Å². The van der Waals surface area contributed by atoms with Gasteiger partial charge in [-0.05, 0) is 11.1 Å². The van der Waals surface area contributed by atoms with Gasteiger partial charge in [0, 0.05) is 17.2 Å². The lowest BCUT2D eigenvalue weighted by molar-refractivity contribution is 0.0972. The van der Waals surface area contributed by atoms with Crippen LogP contribution in [0, 0.1) is 0 Å². The first-order chi connectivity index (χ1) is 16.6. The predicted octanol–water partition coefficient (Wildman–Crippen LogP) is 5.65. The number of methoxy groups -OCH3 is 2. The van der Waals surface area contributed by atoms with Gasteiger partial charge >= 0.3 is 0 Å². The van der Waals surface area contributed by atoms with E-state index in [1.165, 1.54) is 14.2 Å². The summed E-state index contributed by atoms with van der Waals surface area (Å²) in [5, 5.41) is 0. The molecule has 5 rings (SSSR count). The highest BCUT2D eigenvalue weighted by Crippen LogP contribution is 2.46. The maximum atomic E-state index is 13.5. The van der Waals surface area contributed by atoms with Crippen molar-refractivity contribution >= 4 is 11.6 Å². The molecule has 1 aliphatic carbocycles. The summed E-state index contributed by atoms with van der Waals surface area (Å²) in [6, 6.07) is 27.9. The molecule has 0 spiro atoms. The van der Waals surface area contributed by atoms with Crippen LogP contribution in [0.4, 0.5) is 0 Å². The number of ether oxygens (including phenoxy) is 3. The zero-order valence-corrected chi connectivity index (χ0v) is 18.8. The largest absolute Gasteiger partial charge is 0.496 e. The van der Waals surface area contributed by atoms with Gasteiger partial charge in [0.1, 0.15) is 11.9 Å². The molecule has 0 radical (unpaired) electrons. The molecule has 34 heavy (non-hydrogen) atoms. The Hall–Kier alpha value is -4.38. The average molecular weight is 450 g/mol. The Bertz CT molecular complexity index is 1340. The molecule has 5 nitrogen and oxygen atoms in total. The minimum atomic E-state index is -0.472. The first kappa shape index (κ1) is 21.5. The van der Waals surface area contributed by atoms with Crippen LogP contribution in [0.2, 0.25) is 0 Å². The highest BCUT2D eigenvalue weighted by atomic mass is 16.5. The van der Waals surface area contributed by atoms with Crippen LogP contribution in [0.1, 0.15) is 49.1 Å². The van der Waals surface area contributed by atoms with E-state index in [2.05, 4.69) is 0 Å². The molecule has 0 unspecified atom stereocenters. The van der Waals surface area contributed by atoms with Crippen molar-refractivity contribution in [3.05, 3.63) is 124 Å². The first-order valence-corrected chi connectivity index (χ1v) is 10.9. The first-order valence-electron chi connectivity index (χ1n) is 10.9. The summed E-state index contributed by atoms with van der Waals surface area (Å²) >= 11 is 0. The molecule has 0 bridgehead atoms. The number of benzene rings is 4. The fourth-order valence-electron chi connectivity index (χ4n) is 4.37. The van der Waals surface area contributed by atoms with Gasteiger partial charge in [-0.2, -0.15) is 0 Å². The van der Waals surface area contributed by atoms with Gasteiger partial charge in [0.05, 0.1) is 25.3 Å². The van der Waals surface area contributed by atoms with E-state index in [9.17, 15) is 9.59 Å². The van der Waals surface area contributed by atoms with E-state index in [0.29, 0.717) is 16.9 Å². The smallest absolute Gasteiger partial charge is 0.198 e. The Balaban J connectivity index is 1.70. The second kappa shape index (κ2) is 8.87. The van der Waals surface area contributed by atoms with Crippen molar-refractivity contribution in [1.29, 1.82) is 0 Å². The second-order valence-electron chi connectivity index (χ2n) is 7.88. The summed E-state index contributed by atoms with van der Waals surface area (Å²) < 4.78 is 17.8. The van der Waals surface area contributed by atoms with Crippen LogP contribution in [0.25, 0.3) is 0 Å². The van der Waals surface area contributed by atoms with Crippen molar-refractivity contribution in [2.45, 2.75) is 6.10 Å². The van der Waals surface area contributed by atoms with Crippen molar-refractivity contribution in [2.24, 2.45) is 0 Å². The molecule has 168 valence electrons. The minimum absolute atomic E-state index is 0.153. The second-order valence-corrected chi connectivity index (χ2v) is 7.88. The number of rotatable bonds is 6. The van der Waals surface area contributed by atoms with Crippen LogP contribution in [0.15, 0.2) is 91.0 Å². The van der Waals surface area contributed by atoms with Gasteiger partial charge in [-0.3, -0.25) is 9.59 Å². The maximum Gasteiger partial charge on any atom is 0.198 e. The lowest BCUT2D eigenvalue weighted by atomic mass is 9.83. The molecule has 4 aromatic carbocycles. The van der Waals surface area contributed by atoms with E-state index in [1.54, 1.807) is 30.3 Å². The van der Waals surface area contributed by atoms with Crippen molar-refractivity contribution in [3.8, 4) is 17.2 Å². The molecule has 0 saturated carbocycles. The summed E-state index contributed by atoms with van der Waals surface area (Å²) in [4.78, 5) is 26.9. The highest BCUT2D eigenvalue weighted by molar-refractivity contribution is 6.30. The molecule has 1 aliphatic rings. The van der Waals surface area contributed by atoms with E-state index in [4.69, 9.17) is 14.2 Å². The van der Waals surface area contributed by atoms with Crippen LogP contribution in [0.3, 0.4) is 0 Å². The summed E-state index contributed by atoms with van der Waals surface area (Å²) in [5.41, 5.74) is 2.88. The van der Waals surface area contributed by atoms with Gasteiger partial charge in [0.2, 0.25) is 0 Å². The molecule has 0 heterocycles. The molecular weight excluding hydrogens is 428 g/mol. The number of hydrogen-bond acceptors (Lipinski definition) is 5. The summed E-state index contributed by atoms with van der Waals surface area (Å²) in [5.74, 6) is 0.201. The van der Waals surface area contributed by atoms with Crippen LogP contribution >= 0.6 is 0 Å². The zero-order chi connectivity index (χ0) is 23.7. The Kier molecular flexibility index (Phi) is 5.60.